The van der Waals surface area contributed by atoms with Crippen molar-refractivity contribution in [1.29, 1.82) is 0 Å². The van der Waals surface area contributed by atoms with E-state index in [9.17, 15) is 0 Å². The molecule has 0 radical (unpaired) electrons. The molecule has 0 aliphatic carbocycles. The summed E-state index contributed by atoms with van der Waals surface area (Å²) in [6.45, 7) is 2.95. The van der Waals surface area contributed by atoms with Crippen LogP contribution in [-0.4, -0.2) is 31.5 Å². The molecule has 0 bridgehead atoms. The molecule has 0 amide bonds. The first kappa shape index (κ1) is 13.5. The maximum absolute atomic E-state index is 5.00. The molecule has 1 rings (SSSR count). The van der Waals surface area contributed by atoms with Gasteiger partial charge in [-0.25, -0.2) is 4.98 Å². The highest BCUT2D eigenvalue weighted by atomic mass is 32.2. The number of thioether (sulfide) groups is 1. The number of methoxy groups -OCH3 is 1. The molecule has 0 saturated heterocycles. The fourth-order valence-electron chi connectivity index (χ4n) is 1.28. The zero-order chi connectivity index (χ0) is 11.8. The van der Waals surface area contributed by atoms with Crippen LogP contribution in [0.4, 0.5) is 0 Å². The lowest BCUT2D eigenvalue weighted by Crippen LogP contribution is -2.12. The van der Waals surface area contributed by atoms with E-state index in [1.54, 1.807) is 18.9 Å². The highest BCUT2D eigenvalue weighted by molar-refractivity contribution is 7.99. The third kappa shape index (κ3) is 4.51. The largest absolute Gasteiger partial charge is 0.385 e. The van der Waals surface area contributed by atoms with Crippen molar-refractivity contribution in [3.8, 4) is 0 Å². The van der Waals surface area contributed by atoms with Crippen molar-refractivity contribution in [3.63, 3.8) is 0 Å². The van der Waals surface area contributed by atoms with Crippen LogP contribution >= 0.6 is 11.8 Å². The average Bonchev–Trinajstić information content (AvgIpc) is 2.34. The van der Waals surface area contributed by atoms with Gasteiger partial charge in [0.25, 0.3) is 0 Å². The highest BCUT2D eigenvalue weighted by Crippen LogP contribution is 2.18. The summed E-state index contributed by atoms with van der Waals surface area (Å²) in [5, 5.41) is 4.28. The molecule has 90 valence electrons. The number of hydrogen-bond donors (Lipinski definition) is 1. The molecule has 1 N–H and O–H groups in total. The van der Waals surface area contributed by atoms with E-state index in [1.165, 1.54) is 5.56 Å². The van der Waals surface area contributed by atoms with E-state index in [-0.39, 0.29) is 0 Å². The number of nitrogens with one attached hydrogen (secondary N) is 1. The molecule has 0 saturated carbocycles. The molecule has 0 fully saturated rings. The Morgan fingerprint density at radius 3 is 2.88 bits per heavy atom. The Balaban J connectivity index is 2.39. The Kier molecular flexibility index (Phi) is 6.45. The van der Waals surface area contributed by atoms with Crippen LogP contribution in [0.15, 0.2) is 23.4 Å². The van der Waals surface area contributed by atoms with Gasteiger partial charge in [-0.15, -0.1) is 11.8 Å². The first-order chi connectivity index (χ1) is 7.77. The molecule has 0 aromatic carbocycles. The number of aromatic nitrogens is 1. The fraction of sp³-hybridized carbons (Fsp3) is 0.583. The minimum Gasteiger partial charge on any atom is -0.385 e. The quantitative estimate of drug-likeness (QED) is 0.586. The summed E-state index contributed by atoms with van der Waals surface area (Å²) in [5.74, 6) is 1.06. The maximum Gasteiger partial charge on any atom is 0.0960 e. The van der Waals surface area contributed by atoms with Crippen LogP contribution in [0, 0.1) is 0 Å². The Morgan fingerprint density at radius 1 is 1.50 bits per heavy atom. The summed E-state index contributed by atoms with van der Waals surface area (Å²) in [6, 6.07) is 4.58. The van der Waals surface area contributed by atoms with E-state index in [0.717, 1.165) is 23.8 Å². The summed E-state index contributed by atoms with van der Waals surface area (Å²) >= 11 is 1.78. The monoisotopic (exact) mass is 240 g/mol. The minimum atomic E-state index is 0.361. The van der Waals surface area contributed by atoms with Crippen molar-refractivity contribution in [3.05, 3.63) is 23.9 Å². The molecular weight excluding hydrogens is 220 g/mol. The lowest BCUT2D eigenvalue weighted by Gasteiger charge is -2.10. The number of rotatable bonds is 7. The van der Waals surface area contributed by atoms with E-state index in [1.807, 2.05) is 13.2 Å². The Bertz CT molecular complexity index is 290. The molecule has 1 atom stereocenters. The van der Waals surface area contributed by atoms with Crippen molar-refractivity contribution in [2.75, 3.05) is 26.5 Å². The fourth-order valence-corrected chi connectivity index (χ4v) is 2.04. The van der Waals surface area contributed by atoms with E-state index in [2.05, 4.69) is 29.4 Å². The van der Waals surface area contributed by atoms with E-state index < -0.39 is 0 Å². The third-order valence-corrected chi connectivity index (χ3v) is 3.47. The number of pyridine rings is 1. The van der Waals surface area contributed by atoms with Crippen LogP contribution in [0.25, 0.3) is 0 Å². The van der Waals surface area contributed by atoms with Gasteiger partial charge in [-0.2, -0.15) is 0 Å². The molecule has 0 aliphatic heterocycles. The lowest BCUT2D eigenvalue weighted by atomic mass is 10.1. The van der Waals surface area contributed by atoms with E-state index in [0.29, 0.717) is 6.04 Å². The SMILES string of the molecule is CNC(C)c1ccc(SCCCOC)nc1. The second-order valence-electron chi connectivity index (χ2n) is 3.63. The average molecular weight is 240 g/mol. The van der Waals surface area contributed by atoms with Crippen LogP contribution in [0.3, 0.4) is 0 Å². The van der Waals surface area contributed by atoms with Gasteiger partial charge in [0.2, 0.25) is 0 Å². The Labute approximate surface area is 102 Å². The second kappa shape index (κ2) is 7.65. The molecule has 3 nitrogen and oxygen atoms in total. The summed E-state index contributed by atoms with van der Waals surface area (Å²) in [6.07, 6.45) is 3.01. The number of nitrogens with zero attached hydrogens (tertiary/aromatic N) is 1. The Hall–Kier alpha value is -0.580. The van der Waals surface area contributed by atoms with Gasteiger partial charge >= 0.3 is 0 Å². The summed E-state index contributed by atoms with van der Waals surface area (Å²) < 4.78 is 5.00. The van der Waals surface area contributed by atoms with Gasteiger partial charge in [0.1, 0.15) is 0 Å². The van der Waals surface area contributed by atoms with Gasteiger partial charge in [-0.1, -0.05) is 6.07 Å². The van der Waals surface area contributed by atoms with Gasteiger partial charge in [-0.05, 0) is 32.0 Å². The van der Waals surface area contributed by atoms with Gasteiger partial charge < -0.3 is 10.1 Å². The van der Waals surface area contributed by atoms with Gasteiger partial charge in [0.15, 0.2) is 0 Å². The van der Waals surface area contributed by atoms with Crippen LogP contribution < -0.4 is 5.32 Å². The molecule has 0 spiro atoms. The van der Waals surface area contributed by atoms with Crippen molar-refractivity contribution < 1.29 is 4.74 Å². The zero-order valence-corrected chi connectivity index (χ0v) is 11.0. The van der Waals surface area contributed by atoms with Gasteiger partial charge in [0, 0.05) is 31.7 Å². The van der Waals surface area contributed by atoms with Crippen LogP contribution in [0.1, 0.15) is 24.9 Å². The topological polar surface area (TPSA) is 34.1 Å². The molecule has 16 heavy (non-hydrogen) atoms. The minimum absolute atomic E-state index is 0.361. The molecule has 1 aromatic rings. The molecule has 1 aromatic heterocycles. The van der Waals surface area contributed by atoms with Crippen molar-refractivity contribution in [1.82, 2.24) is 10.3 Å². The molecule has 4 heteroatoms. The summed E-state index contributed by atoms with van der Waals surface area (Å²) in [4.78, 5) is 4.43. The number of hydrogen-bond acceptors (Lipinski definition) is 4. The summed E-state index contributed by atoms with van der Waals surface area (Å²) in [5.41, 5.74) is 1.23. The van der Waals surface area contributed by atoms with E-state index in [4.69, 9.17) is 4.74 Å². The standard InChI is InChI=1S/C12H20N2OS/c1-10(13-2)11-5-6-12(14-9-11)16-8-4-7-15-3/h5-6,9-10,13H,4,7-8H2,1-3H3. The van der Waals surface area contributed by atoms with Crippen LogP contribution in [-0.2, 0) is 4.74 Å². The van der Waals surface area contributed by atoms with Crippen molar-refractivity contribution in [2.45, 2.75) is 24.4 Å². The van der Waals surface area contributed by atoms with E-state index >= 15 is 0 Å². The predicted molar refractivity (Wildman–Crippen MR) is 68.9 cm³/mol. The maximum atomic E-state index is 5.00. The van der Waals surface area contributed by atoms with Crippen molar-refractivity contribution in [2.24, 2.45) is 0 Å². The van der Waals surface area contributed by atoms with Gasteiger partial charge in [-0.3, -0.25) is 0 Å². The molecule has 1 heterocycles. The summed E-state index contributed by atoms with van der Waals surface area (Å²) in [7, 11) is 3.69. The predicted octanol–water partition coefficient (Wildman–Crippen LogP) is 2.49. The molecular formula is C12H20N2OS. The number of ether oxygens (including phenoxy) is 1. The molecule has 0 aliphatic rings. The van der Waals surface area contributed by atoms with Gasteiger partial charge in [0.05, 0.1) is 5.03 Å². The second-order valence-corrected chi connectivity index (χ2v) is 4.75. The van der Waals surface area contributed by atoms with Crippen LogP contribution in [0.2, 0.25) is 0 Å². The normalized spacial score (nSPS) is 12.7. The highest BCUT2D eigenvalue weighted by Gasteiger charge is 2.02. The zero-order valence-electron chi connectivity index (χ0n) is 10.2. The first-order valence-corrected chi connectivity index (χ1v) is 6.51. The molecule has 1 unspecified atom stereocenters. The lowest BCUT2D eigenvalue weighted by molar-refractivity contribution is 0.200. The smallest absolute Gasteiger partial charge is 0.0960 e. The van der Waals surface area contributed by atoms with Crippen LogP contribution in [0.5, 0.6) is 0 Å². The van der Waals surface area contributed by atoms with Crippen molar-refractivity contribution >= 4 is 11.8 Å². The third-order valence-electron chi connectivity index (χ3n) is 2.43. The Morgan fingerprint density at radius 2 is 2.31 bits per heavy atom. The first-order valence-electron chi connectivity index (χ1n) is 5.53.